The van der Waals surface area contributed by atoms with Gasteiger partial charge in [-0.1, -0.05) is 13.3 Å². The molecular formula is C10H13FO2. The molecule has 13 heavy (non-hydrogen) atoms. The molecule has 2 N–H and O–H groups in total. The van der Waals surface area contributed by atoms with Crippen LogP contribution in [-0.4, -0.2) is 10.2 Å². The molecular weight excluding hydrogens is 171 g/mol. The first-order valence-corrected chi connectivity index (χ1v) is 4.31. The summed E-state index contributed by atoms with van der Waals surface area (Å²) in [6.45, 7) is 1.87. The fraction of sp³-hybridized carbons (Fsp3) is 0.400. The van der Waals surface area contributed by atoms with Crippen LogP contribution in [0.3, 0.4) is 0 Å². The molecule has 0 saturated carbocycles. The van der Waals surface area contributed by atoms with E-state index in [4.69, 9.17) is 5.11 Å². The molecule has 0 fully saturated rings. The molecule has 1 unspecified atom stereocenters. The molecule has 1 atom stereocenters. The highest BCUT2D eigenvalue weighted by Crippen LogP contribution is 2.32. The van der Waals surface area contributed by atoms with E-state index in [2.05, 4.69) is 0 Å². The average Bonchev–Trinajstić information content (AvgIpc) is 2.09. The van der Waals surface area contributed by atoms with Crippen molar-refractivity contribution in [1.82, 2.24) is 0 Å². The van der Waals surface area contributed by atoms with E-state index in [1.54, 1.807) is 0 Å². The number of benzene rings is 1. The molecule has 0 aliphatic heterocycles. The Morgan fingerprint density at radius 1 is 1.38 bits per heavy atom. The number of rotatable bonds is 3. The van der Waals surface area contributed by atoms with Gasteiger partial charge in [-0.05, 0) is 24.6 Å². The Labute approximate surface area is 76.6 Å². The van der Waals surface area contributed by atoms with E-state index in [0.717, 1.165) is 0 Å². The van der Waals surface area contributed by atoms with Crippen molar-refractivity contribution in [2.24, 2.45) is 0 Å². The van der Waals surface area contributed by atoms with Crippen LogP contribution < -0.4 is 0 Å². The van der Waals surface area contributed by atoms with Crippen molar-refractivity contribution in [3.05, 3.63) is 23.8 Å². The Bertz CT molecular complexity index is 286. The second-order valence-corrected chi connectivity index (χ2v) is 3.00. The minimum absolute atomic E-state index is 0.0217. The largest absolute Gasteiger partial charge is 0.508 e. The molecule has 0 amide bonds. The van der Waals surface area contributed by atoms with Gasteiger partial charge >= 0.3 is 0 Å². The van der Waals surface area contributed by atoms with Gasteiger partial charge in [-0.15, -0.1) is 0 Å². The maximum Gasteiger partial charge on any atom is 0.129 e. The van der Waals surface area contributed by atoms with Crippen LogP contribution in [0.1, 0.15) is 31.5 Å². The zero-order valence-corrected chi connectivity index (χ0v) is 7.50. The third-order valence-electron chi connectivity index (χ3n) is 1.89. The number of halogens is 1. The Morgan fingerprint density at radius 2 is 2.08 bits per heavy atom. The number of alkyl halides is 1. The lowest BCUT2D eigenvalue weighted by molar-refractivity contribution is 0.308. The molecule has 72 valence electrons. The summed E-state index contributed by atoms with van der Waals surface area (Å²) in [4.78, 5) is 0. The van der Waals surface area contributed by atoms with Crippen LogP contribution in [0.4, 0.5) is 4.39 Å². The van der Waals surface area contributed by atoms with Gasteiger partial charge in [0, 0.05) is 5.56 Å². The normalized spacial score (nSPS) is 12.8. The molecule has 0 aliphatic carbocycles. The number of phenols is 2. The molecule has 0 spiro atoms. The monoisotopic (exact) mass is 184 g/mol. The van der Waals surface area contributed by atoms with Gasteiger partial charge in [0.05, 0.1) is 0 Å². The van der Waals surface area contributed by atoms with Gasteiger partial charge in [-0.2, -0.15) is 0 Å². The van der Waals surface area contributed by atoms with Gasteiger partial charge in [0.25, 0.3) is 0 Å². The van der Waals surface area contributed by atoms with Crippen LogP contribution >= 0.6 is 0 Å². The smallest absolute Gasteiger partial charge is 0.129 e. The Morgan fingerprint density at radius 3 is 2.69 bits per heavy atom. The minimum Gasteiger partial charge on any atom is -0.508 e. The van der Waals surface area contributed by atoms with Crippen LogP contribution in [0.25, 0.3) is 0 Å². The lowest BCUT2D eigenvalue weighted by Crippen LogP contribution is -1.91. The quantitative estimate of drug-likeness (QED) is 0.709. The first kappa shape index (κ1) is 9.84. The fourth-order valence-electron chi connectivity index (χ4n) is 1.20. The molecule has 3 heteroatoms. The minimum atomic E-state index is -1.20. The lowest BCUT2D eigenvalue weighted by Gasteiger charge is -2.09. The maximum atomic E-state index is 13.3. The van der Waals surface area contributed by atoms with Crippen molar-refractivity contribution < 1.29 is 14.6 Å². The molecule has 0 aliphatic rings. The van der Waals surface area contributed by atoms with E-state index in [1.807, 2.05) is 6.92 Å². The Balaban J connectivity index is 2.91. The summed E-state index contributed by atoms with van der Waals surface area (Å²) in [5.41, 5.74) is 0.168. The van der Waals surface area contributed by atoms with E-state index in [1.165, 1.54) is 18.2 Å². The summed E-state index contributed by atoms with van der Waals surface area (Å²) in [6.07, 6.45) is -0.134. The maximum absolute atomic E-state index is 13.3. The number of hydrogen-bond acceptors (Lipinski definition) is 2. The van der Waals surface area contributed by atoms with E-state index >= 15 is 0 Å². The van der Waals surface area contributed by atoms with E-state index < -0.39 is 6.17 Å². The third kappa shape index (κ3) is 2.34. The van der Waals surface area contributed by atoms with Gasteiger partial charge in [-0.3, -0.25) is 0 Å². The Hall–Kier alpha value is -1.25. The van der Waals surface area contributed by atoms with Crippen molar-refractivity contribution >= 4 is 0 Å². The van der Waals surface area contributed by atoms with Gasteiger partial charge in [0.2, 0.25) is 0 Å². The average molecular weight is 184 g/mol. The second kappa shape index (κ2) is 4.12. The van der Waals surface area contributed by atoms with E-state index in [-0.39, 0.29) is 17.1 Å². The highest BCUT2D eigenvalue weighted by atomic mass is 19.1. The van der Waals surface area contributed by atoms with Crippen molar-refractivity contribution in [3.8, 4) is 11.5 Å². The van der Waals surface area contributed by atoms with E-state index in [9.17, 15) is 9.50 Å². The summed E-state index contributed by atoms with van der Waals surface area (Å²) >= 11 is 0. The summed E-state index contributed by atoms with van der Waals surface area (Å²) in [7, 11) is 0. The molecule has 0 radical (unpaired) electrons. The SMILES string of the molecule is CCCC(F)c1cc(O)ccc1O. The van der Waals surface area contributed by atoms with Gasteiger partial charge in [0.15, 0.2) is 0 Å². The zero-order valence-electron chi connectivity index (χ0n) is 7.50. The van der Waals surface area contributed by atoms with Crippen LogP contribution in [0, 0.1) is 0 Å². The highest BCUT2D eigenvalue weighted by molar-refractivity contribution is 5.39. The lowest BCUT2D eigenvalue weighted by atomic mass is 10.1. The molecule has 1 aromatic rings. The molecule has 1 rings (SSSR count). The summed E-state index contributed by atoms with van der Waals surface area (Å²) in [5.74, 6) is -0.120. The third-order valence-corrected chi connectivity index (χ3v) is 1.89. The predicted molar refractivity (Wildman–Crippen MR) is 48.5 cm³/mol. The van der Waals surface area contributed by atoms with Crippen LogP contribution in [-0.2, 0) is 0 Å². The number of phenolic OH excluding ortho intramolecular Hbond substituents is 2. The Kier molecular flexibility index (Phi) is 3.12. The second-order valence-electron chi connectivity index (χ2n) is 3.00. The van der Waals surface area contributed by atoms with Crippen molar-refractivity contribution in [2.45, 2.75) is 25.9 Å². The standard InChI is InChI=1S/C10H13FO2/c1-2-3-9(11)8-6-7(12)4-5-10(8)13/h4-6,9,12-13H,2-3H2,1H3. The molecule has 0 aromatic heterocycles. The van der Waals surface area contributed by atoms with Crippen molar-refractivity contribution in [3.63, 3.8) is 0 Å². The number of aromatic hydroxyl groups is 2. The summed E-state index contributed by atoms with van der Waals surface area (Å²) in [5, 5.41) is 18.4. The van der Waals surface area contributed by atoms with Crippen molar-refractivity contribution in [1.29, 1.82) is 0 Å². The van der Waals surface area contributed by atoms with Gasteiger partial charge in [0.1, 0.15) is 17.7 Å². The first-order chi connectivity index (χ1) is 6.15. The molecule has 0 heterocycles. The highest BCUT2D eigenvalue weighted by Gasteiger charge is 2.13. The molecule has 1 aromatic carbocycles. The molecule has 0 bridgehead atoms. The van der Waals surface area contributed by atoms with Crippen LogP contribution in [0.5, 0.6) is 11.5 Å². The topological polar surface area (TPSA) is 40.5 Å². The van der Waals surface area contributed by atoms with Crippen LogP contribution in [0.15, 0.2) is 18.2 Å². The first-order valence-electron chi connectivity index (χ1n) is 4.31. The predicted octanol–water partition coefficient (Wildman–Crippen LogP) is 2.91. The molecule has 2 nitrogen and oxygen atoms in total. The summed E-state index contributed by atoms with van der Waals surface area (Å²) in [6, 6.07) is 3.89. The molecule has 0 saturated heterocycles. The van der Waals surface area contributed by atoms with Crippen molar-refractivity contribution in [2.75, 3.05) is 0 Å². The van der Waals surface area contributed by atoms with Gasteiger partial charge < -0.3 is 10.2 Å². The number of hydrogen-bond donors (Lipinski definition) is 2. The summed E-state index contributed by atoms with van der Waals surface area (Å²) < 4.78 is 13.3. The van der Waals surface area contributed by atoms with Crippen LogP contribution in [0.2, 0.25) is 0 Å². The van der Waals surface area contributed by atoms with Gasteiger partial charge in [-0.25, -0.2) is 4.39 Å². The van der Waals surface area contributed by atoms with E-state index in [0.29, 0.717) is 12.8 Å². The fourth-order valence-corrected chi connectivity index (χ4v) is 1.20. The zero-order chi connectivity index (χ0) is 9.84.